The maximum absolute atomic E-state index is 12.5. The van der Waals surface area contributed by atoms with Gasteiger partial charge in [-0.25, -0.2) is 9.36 Å². The van der Waals surface area contributed by atoms with Crippen LogP contribution in [-0.2, 0) is 24.4 Å². The van der Waals surface area contributed by atoms with Gasteiger partial charge in [0.05, 0.1) is 12.6 Å². The summed E-state index contributed by atoms with van der Waals surface area (Å²) in [6.07, 6.45) is 7.33. The van der Waals surface area contributed by atoms with Crippen LogP contribution in [0.3, 0.4) is 0 Å². The SMILES string of the molecule is COC(=O)c1cc2c(OCc3ccccc3)cccc2n1CCCCC[n+]1ccccc1. The third-order valence-corrected chi connectivity index (χ3v) is 5.61. The van der Waals surface area contributed by atoms with Gasteiger partial charge in [-0.1, -0.05) is 42.5 Å². The number of hydrogen-bond donors (Lipinski definition) is 0. The summed E-state index contributed by atoms with van der Waals surface area (Å²) in [6, 6.07) is 24.1. The fraction of sp³-hybridized carbons (Fsp3) is 0.259. The summed E-state index contributed by atoms with van der Waals surface area (Å²) in [5.41, 5.74) is 2.66. The van der Waals surface area contributed by atoms with E-state index in [1.54, 1.807) is 0 Å². The summed E-state index contributed by atoms with van der Waals surface area (Å²) in [7, 11) is 1.42. The highest BCUT2D eigenvalue weighted by Crippen LogP contribution is 2.30. The van der Waals surface area contributed by atoms with Crippen LogP contribution >= 0.6 is 0 Å². The van der Waals surface area contributed by atoms with Crippen LogP contribution < -0.4 is 9.30 Å². The first-order valence-electron chi connectivity index (χ1n) is 11.1. The Morgan fingerprint density at radius 1 is 0.906 bits per heavy atom. The van der Waals surface area contributed by atoms with Gasteiger partial charge in [0.25, 0.3) is 0 Å². The van der Waals surface area contributed by atoms with Crippen molar-refractivity contribution in [2.24, 2.45) is 0 Å². The standard InChI is InChI=1S/C27H29N2O3/c1-31-27(30)25-20-23-24(14-11-15-26(23)32-21-22-12-5-2-6-13-22)29(25)19-10-4-9-18-28-16-7-3-8-17-28/h2-3,5-8,11-17,20H,4,9-10,18-19,21H2,1H3/q+1. The number of fused-ring (bicyclic) bond motifs is 1. The molecule has 0 radical (unpaired) electrons. The molecule has 0 bridgehead atoms. The number of esters is 1. The van der Waals surface area contributed by atoms with E-state index in [0.717, 1.165) is 54.6 Å². The zero-order chi connectivity index (χ0) is 22.2. The number of carbonyl (C=O) groups is 1. The van der Waals surface area contributed by atoms with Crippen molar-refractivity contribution in [3.05, 3.63) is 96.4 Å². The zero-order valence-corrected chi connectivity index (χ0v) is 18.4. The second kappa shape index (κ2) is 10.6. The Kier molecular flexibility index (Phi) is 7.18. The minimum atomic E-state index is -0.324. The second-order valence-corrected chi connectivity index (χ2v) is 7.81. The lowest BCUT2D eigenvalue weighted by Crippen LogP contribution is -2.32. The van der Waals surface area contributed by atoms with Crippen LogP contribution in [0.25, 0.3) is 10.9 Å². The zero-order valence-electron chi connectivity index (χ0n) is 18.4. The topological polar surface area (TPSA) is 44.3 Å². The number of carbonyl (C=O) groups excluding carboxylic acids is 1. The Morgan fingerprint density at radius 3 is 2.47 bits per heavy atom. The number of methoxy groups -OCH3 is 1. The highest BCUT2D eigenvalue weighted by Gasteiger charge is 2.18. The lowest BCUT2D eigenvalue weighted by atomic mass is 10.2. The number of benzene rings is 2. The average Bonchev–Trinajstić information content (AvgIpc) is 3.22. The first-order valence-corrected chi connectivity index (χ1v) is 11.1. The van der Waals surface area contributed by atoms with Crippen molar-refractivity contribution in [1.29, 1.82) is 0 Å². The predicted molar refractivity (Wildman–Crippen MR) is 125 cm³/mol. The van der Waals surface area contributed by atoms with Gasteiger partial charge in [-0.2, -0.15) is 0 Å². The van der Waals surface area contributed by atoms with E-state index in [4.69, 9.17) is 9.47 Å². The molecular formula is C27H29N2O3+. The normalized spacial score (nSPS) is 10.9. The third-order valence-electron chi connectivity index (χ3n) is 5.61. The fourth-order valence-electron chi connectivity index (χ4n) is 3.96. The number of rotatable bonds is 10. The van der Waals surface area contributed by atoms with Crippen LogP contribution in [0.15, 0.2) is 85.2 Å². The van der Waals surface area contributed by atoms with Gasteiger partial charge < -0.3 is 14.0 Å². The number of nitrogens with zero attached hydrogens (tertiary/aromatic N) is 2. The Morgan fingerprint density at radius 2 is 1.69 bits per heavy atom. The molecule has 4 aromatic rings. The Labute approximate surface area is 188 Å². The lowest BCUT2D eigenvalue weighted by Gasteiger charge is -2.10. The Balaban J connectivity index is 1.48. The largest absolute Gasteiger partial charge is 0.488 e. The van der Waals surface area contributed by atoms with Gasteiger partial charge in [0, 0.05) is 30.5 Å². The summed E-state index contributed by atoms with van der Waals surface area (Å²) in [6.45, 7) is 2.24. The van der Waals surface area contributed by atoms with E-state index in [9.17, 15) is 4.79 Å². The average molecular weight is 430 g/mol. The molecule has 2 aromatic carbocycles. The van der Waals surface area contributed by atoms with Crippen molar-refractivity contribution in [3.8, 4) is 5.75 Å². The number of pyridine rings is 1. The van der Waals surface area contributed by atoms with Crippen molar-refractivity contribution in [1.82, 2.24) is 4.57 Å². The molecule has 0 atom stereocenters. The quantitative estimate of drug-likeness (QED) is 0.199. The maximum Gasteiger partial charge on any atom is 0.354 e. The van der Waals surface area contributed by atoms with Crippen LogP contribution in [-0.4, -0.2) is 17.6 Å². The maximum atomic E-state index is 12.5. The van der Waals surface area contributed by atoms with Gasteiger partial charge in [-0.3, -0.25) is 0 Å². The molecule has 0 aliphatic carbocycles. The van der Waals surface area contributed by atoms with Gasteiger partial charge >= 0.3 is 5.97 Å². The molecule has 0 amide bonds. The van der Waals surface area contributed by atoms with E-state index in [0.29, 0.717) is 12.3 Å². The van der Waals surface area contributed by atoms with Gasteiger partial charge in [0.15, 0.2) is 12.4 Å². The molecule has 0 aliphatic rings. The molecule has 5 heteroatoms. The molecule has 2 aromatic heterocycles. The van der Waals surface area contributed by atoms with Crippen molar-refractivity contribution in [3.63, 3.8) is 0 Å². The number of aromatic nitrogens is 2. The monoisotopic (exact) mass is 429 g/mol. The Hall–Kier alpha value is -3.60. The molecule has 4 rings (SSSR count). The molecule has 0 N–H and O–H groups in total. The highest BCUT2D eigenvalue weighted by atomic mass is 16.5. The minimum absolute atomic E-state index is 0.324. The molecule has 0 saturated heterocycles. The summed E-state index contributed by atoms with van der Waals surface area (Å²) in [4.78, 5) is 12.5. The number of aryl methyl sites for hydroxylation is 2. The van der Waals surface area contributed by atoms with Crippen LogP contribution in [0.1, 0.15) is 35.3 Å². The summed E-state index contributed by atoms with van der Waals surface area (Å²) in [5.74, 6) is 0.450. The van der Waals surface area contributed by atoms with E-state index < -0.39 is 0 Å². The minimum Gasteiger partial charge on any atom is -0.488 e. The predicted octanol–water partition coefficient (Wildman–Crippen LogP) is 5.16. The number of hydrogen-bond acceptors (Lipinski definition) is 3. The first kappa shape index (κ1) is 21.6. The van der Waals surface area contributed by atoms with Crippen molar-refractivity contribution in [2.45, 2.75) is 39.0 Å². The smallest absolute Gasteiger partial charge is 0.354 e. The van der Waals surface area contributed by atoms with Crippen LogP contribution in [0.5, 0.6) is 5.75 Å². The Bertz CT molecular complexity index is 1150. The molecular weight excluding hydrogens is 400 g/mol. The van der Waals surface area contributed by atoms with Crippen LogP contribution in [0.2, 0.25) is 0 Å². The summed E-state index contributed by atoms with van der Waals surface area (Å²) >= 11 is 0. The molecule has 164 valence electrons. The van der Waals surface area contributed by atoms with Crippen LogP contribution in [0.4, 0.5) is 0 Å². The van der Waals surface area contributed by atoms with E-state index in [-0.39, 0.29) is 5.97 Å². The molecule has 0 aliphatic heterocycles. The molecule has 2 heterocycles. The molecule has 0 fully saturated rings. The lowest BCUT2D eigenvalue weighted by molar-refractivity contribution is -0.697. The van der Waals surface area contributed by atoms with Gasteiger partial charge in [-0.15, -0.1) is 0 Å². The van der Waals surface area contributed by atoms with Crippen LogP contribution in [0, 0.1) is 0 Å². The van der Waals surface area contributed by atoms with E-state index in [2.05, 4.69) is 21.5 Å². The molecule has 0 spiro atoms. The van der Waals surface area contributed by atoms with E-state index in [1.807, 2.05) is 72.8 Å². The summed E-state index contributed by atoms with van der Waals surface area (Å²) in [5, 5.41) is 0.934. The van der Waals surface area contributed by atoms with Gasteiger partial charge in [0.1, 0.15) is 24.6 Å². The van der Waals surface area contributed by atoms with Gasteiger partial charge in [0.2, 0.25) is 0 Å². The van der Waals surface area contributed by atoms with Crippen molar-refractivity contribution < 1.29 is 18.8 Å². The molecule has 5 nitrogen and oxygen atoms in total. The first-order chi connectivity index (χ1) is 15.8. The molecule has 32 heavy (non-hydrogen) atoms. The summed E-state index contributed by atoms with van der Waals surface area (Å²) < 4.78 is 15.4. The fourth-order valence-corrected chi connectivity index (χ4v) is 3.96. The van der Waals surface area contributed by atoms with Crippen molar-refractivity contribution in [2.75, 3.05) is 7.11 Å². The number of unbranched alkanes of at least 4 members (excludes halogenated alkanes) is 2. The third kappa shape index (κ3) is 5.17. The van der Waals surface area contributed by atoms with Gasteiger partial charge in [-0.05, 0) is 36.6 Å². The van der Waals surface area contributed by atoms with E-state index >= 15 is 0 Å². The number of ether oxygens (including phenoxy) is 2. The van der Waals surface area contributed by atoms with Crippen molar-refractivity contribution >= 4 is 16.9 Å². The van der Waals surface area contributed by atoms with E-state index in [1.165, 1.54) is 7.11 Å². The second-order valence-electron chi connectivity index (χ2n) is 7.81. The molecule has 0 saturated carbocycles. The molecule has 0 unspecified atom stereocenters. The highest BCUT2D eigenvalue weighted by molar-refractivity contribution is 5.97.